The van der Waals surface area contributed by atoms with Gasteiger partial charge in [0, 0.05) is 0 Å². The van der Waals surface area contributed by atoms with E-state index < -0.39 is 0 Å². The lowest BCUT2D eigenvalue weighted by atomic mass is 9.85. The van der Waals surface area contributed by atoms with Crippen molar-refractivity contribution in [2.75, 3.05) is 6.61 Å². The Kier molecular flexibility index (Phi) is 3.42. The third-order valence-electron chi connectivity index (χ3n) is 2.25. The van der Waals surface area contributed by atoms with E-state index in [0.717, 1.165) is 5.75 Å². The molecule has 0 saturated heterocycles. The molecule has 1 aromatic rings. The van der Waals surface area contributed by atoms with Gasteiger partial charge in [0.05, 0.1) is 0 Å². The second kappa shape index (κ2) is 4.40. The Morgan fingerprint density at radius 2 is 2.00 bits per heavy atom. The zero-order valence-electron chi connectivity index (χ0n) is 9.92. The van der Waals surface area contributed by atoms with E-state index >= 15 is 0 Å². The van der Waals surface area contributed by atoms with E-state index in [1.54, 1.807) is 0 Å². The summed E-state index contributed by atoms with van der Waals surface area (Å²) in [7, 11) is 0. The first-order chi connectivity index (χ1) is 6.95. The fraction of sp³-hybridized carbons (Fsp3) is 0.429. The molecule has 1 rings (SSSR count). The van der Waals surface area contributed by atoms with Crippen LogP contribution in [-0.2, 0) is 5.41 Å². The van der Waals surface area contributed by atoms with Gasteiger partial charge in [0.25, 0.3) is 0 Å². The molecule has 0 aliphatic heterocycles. The first-order valence-corrected chi connectivity index (χ1v) is 5.12. The molecule has 0 unspecified atom stereocenters. The summed E-state index contributed by atoms with van der Waals surface area (Å²) in [4.78, 5) is 0. The van der Waals surface area contributed by atoms with Crippen molar-refractivity contribution in [2.45, 2.75) is 33.1 Å². The minimum atomic E-state index is 0.0793. The molecule has 15 heavy (non-hydrogen) atoms. The Bertz CT molecular complexity index is 377. The molecule has 0 aromatic heterocycles. The van der Waals surface area contributed by atoms with Gasteiger partial charge in [0.15, 0.2) is 0 Å². The summed E-state index contributed by atoms with van der Waals surface area (Å²) in [5.41, 5.74) is 2.53. The van der Waals surface area contributed by atoms with Gasteiger partial charge >= 0.3 is 0 Å². The molecule has 0 heterocycles. The van der Waals surface area contributed by atoms with Gasteiger partial charge in [-0.1, -0.05) is 44.4 Å². The zero-order valence-corrected chi connectivity index (χ0v) is 9.92. The Morgan fingerprint density at radius 1 is 1.33 bits per heavy atom. The molecule has 1 nitrogen and oxygen atoms in total. The minimum absolute atomic E-state index is 0.0793. The van der Waals surface area contributed by atoms with Gasteiger partial charge in [-0.25, -0.2) is 0 Å². The molecule has 0 fully saturated rings. The van der Waals surface area contributed by atoms with Crippen LogP contribution in [-0.4, -0.2) is 6.61 Å². The molecule has 0 atom stereocenters. The standard InChI is InChI=1S/C14H18O/c1-6-9-15-13-8-7-11(2)10-12(13)14(3,4)5/h1,7-8,10H,9H2,2-5H3. The van der Waals surface area contributed by atoms with E-state index in [0.29, 0.717) is 6.61 Å². The summed E-state index contributed by atoms with van der Waals surface area (Å²) in [6.45, 7) is 8.92. The molecule has 80 valence electrons. The van der Waals surface area contributed by atoms with Crippen LogP contribution in [0.15, 0.2) is 18.2 Å². The van der Waals surface area contributed by atoms with E-state index in [1.165, 1.54) is 11.1 Å². The molecule has 0 N–H and O–H groups in total. The van der Waals surface area contributed by atoms with Crippen molar-refractivity contribution in [2.24, 2.45) is 0 Å². The molecule has 1 heteroatoms. The highest BCUT2D eigenvalue weighted by Crippen LogP contribution is 2.31. The van der Waals surface area contributed by atoms with Crippen LogP contribution in [0.2, 0.25) is 0 Å². The average molecular weight is 202 g/mol. The highest BCUT2D eigenvalue weighted by atomic mass is 16.5. The normalized spacial score (nSPS) is 10.9. The largest absolute Gasteiger partial charge is 0.481 e. The summed E-state index contributed by atoms with van der Waals surface area (Å²) in [5, 5.41) is 0. The second-order valence-corrected chi connectivity index (χ2v) is 4.74. The van der Waals surface area contributed by atoms with Crippen molar-refractivity contribution in [3.63, 3.8) is 0 Å². The first-order valence-electron chi connectivity index (χ1n) is 5.12. The van der Waals surface area contributed by atoms with Gasteiger partial charge in [0.1, 0.15) is 12.4 Å². The van der Waals surface area contributed by atoms with Crippen molar-refractivity contribution in [3.05, 3.63) is 29.3 Å². The fourth-order valence-corrected chi connectivity index (χ4v) is 1.48. The van der Waals surface area contributed by atoms with E-state index in [1.807, 2.05) is 12.1 Å². The molecule has 0 aliphatic rings. The smallest absolute Gasteiger partial charge is 0.148 e. The number of terminal acetylenes is 1. The molecular weight excluding hydrogens is 184 g/mol. The predicted octanol–water partition coefficient (Wildman–Crippen LogP) is 3.30. The lowest BCUT2D eigenvalue weighted by Gasteiger charge is -2.22. The molecule has 1 aromatic carbocycles. The Labute approximate surface area is 92.5 Å². The van der Waals surface area contributed by atoms with E-state index in [-0.39, 0.29) is 5.41 Å². The van der Waals surface area contributed by atoms with Crippen LogP contribution in [0.3, 0.4) is 0 Å². The quantitative estimate of drug-likeness (QED) is 0.669. The molecule has 0 amide bonds. The first kappa shape index (κ1) is 11.7. The van der Waals surface area contributed by atoms with E-state index in [9.17, 15) is 0 Å². The van der Waals surface area contributed by atoms with Gasteiger partial charge in [0.2, 0.25) is 0 Å². The molecular formula is C14H18O. The number of hydrogen-bond donors (Lipinski definition) is 0. The number of aryl methyl sites for hydroxylation is 1. The van der Waals surface area contributed by atoms with Gasteiger partial charge in [-0.3, -0.25) is 0 Å². The van der Waals surface area contributed by atoms with E-state index in [2.05, 4.69) is 39.7 Å². The third kappa shape index (κ3) is 3.02. The maximum atomic E-state index is 5.53. The van der Waals surface area contributed by atoms with Crippen LogP contribution < -0.4 is 4.74 Å². The zero-order chi connectivity index (χ0) is 11.5. The number of rotatable bonds is 2. The summed E-state index contributed by atoms with van der Waals surface area (Å²) in [6, 6.07) is 6.19. The average Bonchev–Trinajstić information content (AvgIpc) is 2.14. The summed E-state index contributed by atoms with van der Waals surface area (Å²) in [5.74, 6) is 3.38. The van der Waals surface area contributed by atoms with Crippen LogP contribution in [0.4, 0.5) is 0 Å². The van der Waals surface area contributed by atoms with Gasteiger partial charge in [-0.15, -0.1) is 6.42 Å². The van der Waals surface area contributed by atoms with Crippen molar-refractivity contribution < 1.29 is 4.74 Å². The summed E-state index contributed by atoms with van der Waals surface area (Å²) in [6.07, 6.45) is 5.19. The monoisotopic (exact) mass is 202 g/mol. The molecule has 0 bridgehead atoms. The third-order valence-corrected chi connectivity index (χ3v) is 2.25. The van der Waals surface area contributed by atoms with Crippen LogP contribution in [0, 0.1) is 19.3 Å². The van der Waals surface area contributed by atoms with Crippen molar-refractivity contribution in [1.29, 1.82) is 0 Å². The van der Waals surface area contributed by atoms with Crippen molar-refractivity contribution in [3.8, 4) is 18.1 Å². The van der Waals surface area contributed by atoms with Crippen LogP contribution in [0.25, 0.3) is 0 Å². The van der Waals surface area contributed by atoms with Gasteiger partial charge in [-0.05, 0) is 24.0 Å². The SMILES string of the molecule is C#CCOc1ccc(C)cc1C(C)(C)C. The Hall–Kier alpha value is -1.42. The summed E-state index contributed by atoms with van der Waals surface area (Å²) >= 11 is 0. The predicted molar refractivity (Wildman–Crippen MR) is 64.2 cm³/mol. The van der Waals surface area contributed by atoms with Crippen LogP contribution >= 0.6 is 0 Å². The second-order valence-electron chi connectivity index (χ2n) is 4.74. The van der Waals surface area contributed by atoms with Crippen molar-refractivity contribution >= 4 is 0 Å². The summed E-state index contributed by atoms with van der Waals surface area (Å²) < 4.78 is 5.53. The highest BCUT2D eigenvalue weighted by Gasteiger charge is 2.18. The van der Waals surface area contributed by atoms with Gasteiger partial charge < -0.3 is 4.74 Å². The van der Waals surface area contributed by atoms with E-state index in [4.69, 9.17) is 11.2 Å². The van der Waals surface area contributed by atoms with Crippen molar-refractivity contribution in [1.82, 2.24) is 0 Å². The minimum Gasteiger partial charge on any atom is -0.481 e. The fourth-order valence-electron chi connectivity index (χ4n) is 1.48. The number of hydrogen-bond acceptors (Lipinski definition) is 1. The molecule has 0 saturated carbocycles. The Morgan fingerprint density at radius 3 is 2.53 bits per heavy atom. The lowest BCUT2D eigenvalue weighted by molar-refractivity contribution is 0.357. The van der Waals surface area contributed by atoms with Gasteiger partial charge in [-0.2, -0.15) is 0 Å². The number of ether oxygens (including phenoxy) is 1. The highest BCUT2D eigenvalue weighted by molar-refractivity contribution is 5.41. The maximum absolute atomic E-state index is 5.53. The topological polar surface area (TPSA) is 9.23 Å². The molecule has 0 aliphatic carbocycles. The molecule has 0 radical (unpaired) electrons. The Balaban J connectivity index is 3.10. The van der Waals surface area contributed by atoms with Crippen LogP contribution in [0.1, 0.15) is 31.9 Å². The molecule has 0 spiro atoms. The maximum Gasteiger partial charge on any atom is 0.148 e. The number of benzene rings is 1. The lowest BCUT2D eigenvalue weighted by Crippen LogP contribution is -2.13. The van der Waals surface area contributed by atoms with Crippen LogP contribution in [0.5, 0.6) is 5.75 Å².